The van der Waals surface area contributed by atoms with Gasteiger partial charge in [0, 0.05) is 35.8 Å². The smallest absolute Gasteiger partial charge is 0.251 e. The second kappa shape index (κ2) is 8.67. The summed E-state index contributed by atoms with van der Waals surface area (Å²) in [6.07, 6.45) is 4.74. The van der Waals surface area contributed by atoms with Gasteiger partial charge in [0.2, 0.25) is 0 Å². The molecule has 4 rings (SSSR count). The summed E-state index contributed by atoms with van der Waals surface area (Å²) in [5.74, 6) is 0.618. The summed E-state index contributed by atoms with van der Waals surface area (Å²) in [5.41, 5.74) is 4.59. The molecular weight excluding hydrogens is 396 g/mol. The average Bonchev–Trinajstić information content (AvgIpc) is 3.30. The number of rotatable bonds is 7. The molecule has 0 aliphatic heterocycles. The van der Waals surface area contributed by atoms with Crippen LogP contribution in [0.25, 0.3) is 5.65 Å². The van der Waals surface area contributed by atoms with Gasteiger partial charge in [-0.3, -0.25) is 4.79 Å². The minimum Gasteiger partial charge on any atom is -0.487 e. The highest BCUT2D eigenvalue weighted by atomic mass is 32.1. The molecule has 0 spiro atoms. The number of carbonyl (C=O) groups is 1. The topological polar surface area (TPSA) is 68.5 Å². The maximum Gasteiger partial charge on any atom is 0.251 e. The van der Waals surface area contributed by atoms with Gasteiger partial charge >= 0.3 is 0 Å². The van der Waals surface area contributed by atoms with Crippen molar-refractivity contribution >= 4 is 22.9 Å². The van der Waals surface area contributed by atoms with Crippen molar-refractivity contribution in [2.75, 3.05) is 6.54 Å². The lowest BCUT2D eigenvalue weighted by Crippen LogP contribution is -2.25. The zero-order chi connectivity index (χ0) is 21.1. The molecule has 3 heterocycles. The molecule has 0 atom stereocenters. The van der Waals surface area contributed by atoms with Crippen molar-refractivity contribution in [2.45, 2.75) is 33.8 Å². The molecule has 30 heavy (non-hydrogen) atoms. The predicted molar refractivity (Wildman–Crippen MR) is 118 cm³/mol. The molecule has 0 aliphatic rings. The SMILES string of the molecule is Cc1nc(C)c(CCNC(=O)c2ccc(OCc3cn4cccc(C)c4n3)cc2)s1. The van der Waals surface area contributed by atoms with Gasteiger partial charge in [-0.15, -0.1) is 11.3 Å². The Morgan fingerprint density at radius 3 is 2.63 bits per heavy atom. The number of hydrogen-bond acceptors (Lipinski definition) is 5. The summed E-state index contributed by atoms with van der Waals surface area (Å²) >= 11 is 1.68. The molecule has 1 amide bonds. The van der Waals surface area contributed by atoms with Crippen molar-refractivity contribution in [3.63, 3.8) is 0 Å². The van der Waals surface area contributed by atoms with Crippen molar-refractivity contribution in [3.8, 4) is 5.75 Å². The lowest BCUT2D eigenvalue weighted by atomic mass is 10.2. The van der Waals surface area contributed by atoms with Gasteiger partial charge in [-0.25, -0.2) is 9.97 Å². The van der Waals surface area contributed by atoms with E-state index in [1.165, 1.54) is 4.88 Å². The second-order valence-electron chi connectivity index (χ2n) is 7.21. The van der Waals surface area contributed by atoms with Crippen molar-refractivity contribution in [2.24, 2.45) is 0 Å². The van der Waals surface area contributed by atoms with Gasteiger partial charge < -0.3 is 14.5 Å². The predicted octanol–water partition coefficient (Wildman–Crippen LogP) is 4.27. The van der Waals surface area contributed by atoms with Gasteiger partial charge in [0.1, 0.15) is 18.0 Å². The number of thiazole rings is 1. The fourth-order valence-corrected chi connectivity index (χ4v) is 4.27. The Hall–Kier alpha value is -3.19. The Labute approximate surface area is 179 Å². The van der Waals surface area contributed by atoms with E-state index >= 15 is 0 Å². The highest BCUT2D eigenvalue weighted by Gasteiger charge is 2.09. The number of fused-ring (bicyclic) bond motifs is 1. The summed E-state index contributed by atoms with van der Waals surface area (Å²) in [7, 11) is 0. The van der Waals surface area contributed by atoms with Crippen LogP contribution >= 0.6 is 11.3 Å². The molecule has 7 heteroatoms. The summed E-state index contributed by atoms with van der Waals surface area (Å²) < 4.78 is 7.83. The first-order valence-corrected chi connectivity index (χ1v) is 10.7. The van der Waals surface area contributed by atoms with E-state index in [2.05, 4.69) is 15.3 Å². The second-order valence-corrected chi connectivity index (χ2v) is 8.50. The first-order valence-electron chi connectivity index (χ1n) is 9.87. The van der Waals surface area contributed by atoms with Crippen LogP contribution in [-0.2, 0) is 13.0 Å². The zero-order valence-corrected chi connectivity index (χ0v) is 18.1. The fourth-order valence-electron chi connectivity index (χ4n) is 3.33. The van der Waals surface area contributed by atoms with E-state index in [4.69, 9.17) is 4.74 Å². The number of pyridine rings is 1. The molecule has 3 aromatic heterocycles. The summed E-state index contributed by atoms with van der Waals surface area (Å²) in [4.78, 5) is 22.6. The third-order valence-corrected chi connectivity index (χ3v) is 6.00. The van der Waals surface area contributed by atoms with Crippen LogP contribution in [-0.4, -0.2) is 26.8 Å². The maximum atomic E-state index is 12.4. The monoisotopic (exact) mass is 420 g/mol. The van der Waals surface area contributed by atoms with Crippen molar-refractivity contribution in [1.29, 1.82) is 0 Å². The molecule has 4 aromatic rings. The van der Waals surface area contributed by atoms with Gasteiger partial charge in [-0.05, 0) is 56.7 Å². The Morgan fingerprint density at radius 2 is 1.93 bits per heavy atom. The van der Waals surface area contributed by atoms with Crippen molar-refractivity contribution in [3.05, 3.63) is 81.2 Å². The summed E-state index contributed by atoms with van der Waals surface area (Å²) in [5, 5.41) is 4.03. The van der Waals surface area contributed by atoms with Crippen LogP contribution in [0, 0.1) is 20.8 Å². The van der Waals surface area contributed by atoms with Crippen LogP contribution in [0.15, 0.2) is 48.8 Å². The van der Waals surface area contributed by atoms with Gasteiger partial charge in [-0.1, -0.05) is 6.07 Å². The minimum absolute atomic E-state index is 0.0868. The number of aryl methyl sites for hydroxylation is 3. The third-order valence-electron chi connectivity index (χ3n) is 4.87. The quantitative estimate of drug-likeness (QED) is 0.485. The molecule has 0 aliphatic carbocycles. The number of ether oxygens (including phenoxy) is 1. The Balaban J connectivity index is 1.30. The van der Waals surface area contributed by atoms with E-state index in [1.54, 1.807) is 23.5 Å². The van der Waals surface area contributed by atoms with E-state index in [0.29, 0.717) is 24.5 Å². The maximum absolute atomic E-state index is 12.4. The van der Waals surface area contributed by atoms with Gasteiger partial charge in [0.25, 0.3) is 5.91 Å². The molecule has 0 saturated heterocycles. The molecule has 1 aromatic carbocycles. The standard InChI is InChI=1S/C23H24N4O2S/c1-15-5-4-12-27-13-19(26-22(15)27)14-29-20-8-6-18(7-9-20)23(28)24-11-10-21-16(2)25-17(3)30-21/h4-9,12-13H,10-11,14H2,1-3H3,(H,24,28). The number of carbonyl (C=O) groups excluding carboxylic acids is 1. The molecule has 0 saturated carbocycles. The highest BCUT2D eigenvalue weighted by molar-refractivity contribution is 7.11. The first kappa shape index (κ1) is 20.1. The summed E-state index contributed by atoms with van der Waals surface area (Å²) in [6.45, 7) is 7.01. The van der Waals surface area contributed by atoms with Crippen molar-refractivity contribution < 1.29 is 9.53 Å². The van der Waals surface area contributed by atoms with E-state index in [-0.39, 0.29) is 5.91 Å². The van der Waals surface area contributed by atoms with Crippen LogP contribution < -0.4 is 10.1 Å². The number of benzene rings is 1. The van der Waals surface area contributed by atoms with Crippen LogP contribution in [0.2, 0.25) is 0 Å². The Bertz CT molecular complexity index is 1180. The lowest BCUT2D eigenvalue weighted by molar-refractivity contribution is 0.0954. The molecule has 6 nitrogen and oxygen atoms in total. The minimum atomic E-state index is -0.0868. The number of imidazole rings is 1. The van der Waals surface area contributed by atoms with Crippen LogP contribution in [0.5, 0.6) is 5.75 Å². The molecule has 154 valence electrons. The number of aromatic nitrogens is 3. The van der Waals surface area contributed by atoms with E-state index in [9.17, 15) is 4.79 Å². The average molecular weight is 421 g/mol. The normalized spacial score (nSPS) is 11.0. The molecular formula is C23H24N4O2S. The van der Waals surface area contributed by atoms with Gasteiger partial charge in [-0.2, -0.15) is 0 Å². The Morgan fingerprint density at radius 1 is 1.13 bits per heavy atom. The zero-order valence-electron chi connectivity index (χ0n) is 17.3. The fraction of sp³-hybridized carbons (Fsp3) is 0.261. The van der Waals surface area contributed by atoms with Gasteiger partial charge in [0.15, 0.2) is 0 Å². The van der Waals surface area contributed by atoms with Crippen LogP contribution in [0.1, 0.15) is 37.2 Å². The van der Waals surface area contributed by atoms with E-state index < -0.39 is 0 Å². The molecule has 0 bridgehead atoms. The number of nitrogens with zero attached hydrogens (tertiary/aromatic N) is 3. The third kappa shape index (κ3) is 4.52. The number of hydrogen-bond donors (Lipinski definition) is 1. The number of nitrogens with one attached hydrogen (secondary N) is 1. The number of amides is 1. The van der Waals surface area contributed by atoms with Crippen LogP contribution in [0.4, 0.5) is 0 Å². The Kier molecular flexibility index (Phi) is 5.81. The van der Waals surface area contributed by atoms with Crippen LogP contribution in [0.3, 0.4) is 0 Å². The molecule has 1 N–H and O–H groups in total. The largest absolute Gasteiger partial charge is 0.487 e. The summed E-state index contributed by atoms with van der Waals surface area (Å²) in [6, 6.07) is 11.2. The first-order chi connectivity index (χ1) is 14.5. The molecule has 0 radical (unpaired) electrons. The molecule has 0 fully saturated rings. The van der Waals surface area contributed by atoms with Gasteiger partial charge in [0.05, 0.1) is 16.4 Å². The highest BCUT2D eigenvalue weighted by Crippen LogP contribution is 2.18. The van der Waals surface area contributed by atoms with E-state index in [0.717, 1.165) is 34.0 Å². The van der Waals surface area contributed by atoms with Crippen molar-refractivity contribution in [1.82, 2.24) is 19.7 Å². The van der Waals surface area contributed by atoms with E-state index in [1.807, 2.05) is 61.8 Å². The lowest BCUT2D eigenvalue weighted by Gasteiger charge is -2.07. The molecule has 0 unspecified atom stereocenters.